The van der Waals surface area contributed by atoms with Crippen LogP contribution in [0.4, 0.5) is 22.2 Å². The normalized spacial score (nSPS) is 10.9. The summed E-state index contributed by atoms with van der Waals surface area (Å²) in [5.41, 5.74) is 3.01. The minimum atomic E-state index is -0.441. The Bertz CT molecular complexity index is 1200. The first-order valence-corrected chi connectivity index (χ1v) is 9.67. The molecule has 3 aromatic carbocycles. The van der Waals surface area contributed by atoms with Crippen molar-refractivity contribution in [2.45, 2.75) is 0 Å². The molecule has 0 aliphatic rings. The molecule has 0 aliphatic heterocycles. The summed E-state index contributed by atoms with van der Waals surface area (Å²) in [5.74, 6) is 0.180. The molecule has 30 heavy (non-hydrogen) atoms. The Morgan fingerprint density at radius 3 is 2.43 bits per heavy atom. The van der Waals surface area contributed by atoms with Crippen LogP contribution in [0.1, 0.15) is 5.56 Å². The molecule has 0 aliphatic carbocycles. The Labute approximate surface area is 175 Å². The van der Waals surface area contributed by atoms with Gasteiger partial charge < -0.3 is 10.4 Å². The summed E-state index contributed by atoms with van der Waals surface area (Å²) in [6.45, 7) is 0. The van der Waals surface area contributed by atoms with Gasteiger partial charge in [0.15, 0.2) is 0 Å². The molecule has 0 spiro atoms. The number of para-hydroxylation sites is 1. The smallest absolute Gasteiger partial charge is 0.269 e. The molecule has 0 unspecified atom stereocenters. The van der Waals surface area contributed by atoms with Gasteiger partial charge in [-0.15, -0.1) is 10.2 Å². The van der Waals surface area contributed by atoms with Crippen molar-refractivity contribution in [2.24, 2.45) is 4.99 Å². The molecule has 0 saturated carbocycles. The van der Waals surface area contributed by atoms with Gasteiger partial charge in [0, 0.05) is 35.2 Å². The quantitative estimate of drug-likeness (QED) is 0.250. The maximum atomic E-state index is 10.7. The highest BCUT2D eigenvalue weighted by molar-refractivity contribution is 7.18. The van der Waals surface area contributed by atoms with E-state index in [1.807, 2.05) is 30.3 Å². The SMILES string of the molecule is O=[N+]([O-])c1ccc(Nc2nnc(-c3ccc(N=Cc4ccccc4O)cc3)s2)cc1. The maximum absolute atomic E-state index is 10.7. The number of aliphatic imine (C=N–C) groups is 1. The third-order valence-corrected chi connectivity index (χ3v) is 5.05. The molecule has 2 N–H and O–H groups in total. The molecule has 148 valence electrons. The van der Waals surface area contributed by atoms with Gasteiger partial charge in [-0.05, 0) is 48.5 Å². The van der Waals surface area contributed by atoms with Crippen LogP contribution in [0.5, 0.6) is 5.75 Å². The van der Waals surface area contributed by atoms with E-state index >= 15 is 0 Å². The Kier molecular flexibility index (Phi) is 5.44. The molecule has 1 aromatic heterocycles. The molecule has 8 nitrogen and oxygen atoms in total. The van der Waals surface area contributed by atoms with E-state index in [1.165, 1.54) is 23.5 Å². The molecule has 0 bridgehead atoms. The topological polar surface area (TPSA) is 114 Å². The Balaban J connectivity index is 1.44. The van der Waals surface area contributed by atoms with Crippen LogP contribution in [0, 0.1) is 10.1 Å². The summed E-state index contributed by atoms with van der Waals surface area (Å²) in [5, 5.41) is 33.2. The second-order valence-electron chi connectivity index (χ2n) is 6.21. The third-order valence-electron chi connectivity index (χ3n) is 4.16. The lowest BCUT2D eigenvalue weighted by Gasteiger charge is -2.00. The predicted molar refractivity (Wildman–Crippen MR) is 117 cm³/mol. The number of non-ortho nitro benzene ring substituents is 1. The third kappa shape index (κ3) is 4.47. The van der Waals surface area contributed by atoms with Gasteiger partial charge in [-0.3, -0.25) is 15.1 Å². The summed E-state index contributed by atoms with van der Waals surface area (Å²) in [6, 6.07) is 20.6. The van der Waals surface area contributed by atoms with E-state index in [1.54, 1.807) is 36.5 Å². The fourth-order valence-electron chi connectivity index (χ4n) is 2.61. The van der Waals surface area contributed by atoms with Crippen molar-refractivity contribution >= 4 is 39.7 Å². The Hall–Kier alpha value is -4.11. The molecule has 4 aromatic rings. The number of aromatic nitrogens is 2. The average Bonchev–Trinajstić information content (AvgIpc) is 3.22. The lowest BCUT2D eigenvalue weighted by Crippen LogP contribution is -1.91. The van der Waals surface area contributed by atoms with Crippen LogP contribution < -0.4 is 5.32 Å². The number of rotatable bonds is 6. The lowest BCUT2D eigenvalue weighted by atomic mass is 10.2. The van der Waals surface area contributed by atoms with E-state index in [-0.39, 0.29) is 11.4 Å². The van der Waals surface area contributed by atoms with E-state index in [0.717, 1.165) is 16.3 Å². The molecule has 0 saturated heterocycles. The van der Waals surface area contributed by atoms with E-state index in [2.05, 4.69) is 20.5 Å². The fraction of sp³-hybridized carbons (Fsp3) is 0. The van der Waals surface area contributed by atoms with Crippen molar-refractivity contribution in [3.05, 3.63) is 88.5 Å². The van der Waals surface area contributed by atoms with Crippen LogP contribution >= 0.6 is 11.3 Å². The highest BCUT2D eigenvalue weighted by Crippen LogP contribution is 2.30. The van der Waals surface area contributed by atoms with Gasteiger partial charge in [0.1, 0.15) is 10.8 Å². The second-order valence-corrected chi connectivity index (χ2v) is 7.18. The predicted octanol–water partition coefficient (Wildman–Crippen LogP) is 5.31. The van der Waals surface area contributed by atoms with Crippen molar-refractivity contribution < 1.29 is 10.0 Å². The zero-order valence-electron chi connectivity index (χ0n) is 15.5. The molecule has 0 radical (unpaired) electrons. The number of nitro benzene ring substituents is 1. The highest BCUT2D eigenvalue weighted by atomic mass is 32.1. The van der Waals surface area contributed by atoms with Crippen molar-refractivity contribution in [3.63, 3.8) is 0 Å². The van der Waals surface area contributed by atoms with Gasteiger partial charge in [0.05, 0.1) is 10.6 Å². The first-order chi connectivity index (χ1) is 14.6. The molecular formula is C21H15N5O3S. The number of phenolic OH excluding ortho intramolecular Hbond substituents is 1. The van der Waals surface area contributed by atoms with Crippen LogP contribution in [-0.2, 0) is 0 Å². The summed E-state index contributed by atoms with van der Waals surface area (Å²) < 4.78 is 0. The second kappa shape index (κ2) is 8.50. The molecule has 0 amide bonds. The van der Waals surface area contributed by atoms with Crippen LogP contribution in [-0.4, -0.2) is 26.4 Å². The highest BCUT2D eigenvalue weighted by Gasteiger charge is 2.09. The number of anilines is 2. The van der Waals surface area contributed by atoms with Gasteiger partial charge in [-0.25, -0.2) is 0 Å². The van der Waals surface area contributed by atoms with Crippen molar-refractivity contribution in [3.8, 4) is 16.3 Å². The summed E-state index contributed by atoms with van der Waals surface area (Å²) >= 11 is 1.37. The number of phenols is 1. The van der Waals surface area contributed by atoms with E-state index in [4.69, 9.17) is 0 Å². The summed E-state index contributed by atoms with van der Waals surface area (Å²) in [4.78, 5) is 14.7. The van der Waals surface area contributed by atoms with E-state index < -0.39 is 4.92 Å². The van der Waals surface area contributed by atoms with Gasteiger partial charge in [0.2, 0.25) is 5.13 Å². The van der Waals surface area contributed by atoms with Gasteiger partial charge in [-0.1, -0.05) is 23.5 Å². The molecule has 9 heteroatoms. The Morgan fingerprint density at radius 1 is 1.00 bits per heavy atom. The largest absolute Gasteiger partial charge is 0.507 e. The average molecular weight is 417 g/mol. The molecule has 0 atom stereocenters. The van der Waals surface area contributed by atoms with E-state index in [0.29, 0.717) is 16.4 Å². The Morgan fingerprint density at radius 2 is 1.73 bits per heavy atom. The van der Waals surface area contributed by atoms with Crippen molar-refractivity contribution in [1.29, 1.82) is 0 Å². The number of aromatic hydroxyl groups is 1. The van der Waals surface area contributed by atoms with Crippen LogP contribution in [0.15, 0.2) is 77.8 Å². The maximum Gasteiger partial charge on any atom is 0.269 e. The number of hydrogen-bond donors (Lipinski definition) is 2. The first kappa shape index (κ1) is 19.2. The number of benzene rings is 3. The lowest BCUT2D eigenvalue weighted by molar-refractivity contribution is -0.384. The number of nitrogens with zero attached hydrogens (tertiary/aromatic N) is 4. The summed E-state index contributed by atoms with van der Waals surface area (Å²) in [7, 11) is 0. The van der Waals surface area contributed by atoms with Crippen molar-refractivity contribution in [1.82, 2.24) is 10.2 Å². The zero-order valence-corrected chi connectivity index (χ0v) is 16.3. The zero-order chi connectivity index (χ0) is 20.9. The van der Waals surface area contributed by atoms with Crippen LogP contribution in [0.25, 0.3) is 10.6 Å². The minimum absolute atomic E-state index is 0.0312. The van der Waals surface area contributed by atoms with Gasteiger partial charge >= 0.3 is 0 Å². The van der Waals surface area contributed by atoms with E-state index in [9.17, 15) is 15.2 Å². The fourth-order valence-corrected chi connectivity index (χ4v) is 3.38. The van der Waals surface area contributed by atoms with Crippen LogP contribution in [0.2, 0.25) is 0 Å². The molecule has 0 fully saturated rings. The standard InChI is InChI=1S/C21H15N5O3S/c27-19-4-2-1-3-15(19)13-22-16-7-5-14(6-8-16)20-24-25-21(30-20)23-17-9-11-18(12-10-17)26(28)29/h1-13,27H,(H,23,25). The number of nitro groups is 1. The monoisotopic (exact) mass is 417 g/mol. The number of hydrogen-bond acceptors (Lipinski definition) is 8. The number of nitrogens with one attached hydrogen (secondary N) is 1. The van der Waals surface area contributed by atoms with Crippen molar-refractivity contribution in [2.75, 3.05) is 5.32 Å². The summed E-state index contributed by atoms with van der Waals surface area (Å²) in [6.07, 6.45) is 1.61. The van der Waals surface area contributed by atoms with Gasteiger partial charge in [-0.2, -0.15) is 0 Å². The molecular weight excluding hydrogens is 402 g/mol. The van der Waals surface area contributed by atoms with Crippen LogP contribution in [0.3, 0.4) is 0 Å². The minimum Gasteiger partial charge on any atom is -0.507 e. The first-order valence-electron chi connectivity index (χ1n) is 8.86. The molecule has 1 heterocycles. The molecule has 4 rings (SSSR count). The van der Waals surface area contributed by atoms with Gasteiger partial charge in [0.25, 0.3) is 5.69 Å².